The highest BCUT2D eigenvalue weighted by atomic mass is 32.2. The first kappa shape index (κ1) is 17.6. The Hall–Kier alpha value is -1.42. The average molecular weight is 344 g/mol. The summed E-state index contributed by atoms with van der Waals surface area (Å²) in [5.74, 6) is -1.68. The second-order valence-electron chi connectivity index (χ2n) is 4.20. The second-order valence-corrected chi connectivity index (χ2v) is 6.48. The van der Waals surface area contributed by atoms with Crippen molar-refractivity contribution < 1.29 is 26.0 Å². The number of nitrogens with two attached hydrogens (primary N) is 1. The van der Waals surface area contributed by atoms with Crippen LogP contribution in [0.2, 0.25) is 0 Å². The van der Waals surface area contributed by atoms with Gasteiger partial charge in [0, 0.05) is 12.0 Å². The lowest BCUT2D eigenvalue weighted by molar-refractivity contribution is -0.134. The van der Waals surface area contributed by atoms with Crippen LogP contribution in [0.3, 0.4) is 0 Å². The first-order valence-corrected chi connectivity index (χ1v) is 7.73. The van der Waals surface area contributed by atoms with Crippen molar-refractivity contribution in [3.05, 3.63) is 29.6 Å². The number of hydrogen-bond donors (Lipinski definition) is 2. The van der Waals surface area contributed by atoms with Gasteiger partial charge in [-0.05, 0) is 24.6 Å². The Balaban J connectivity index is 2.73. The highest BCUT2D eigenvalue weighted by molar-refractivity contribution is 7.92. The Kier molecular flexibility index (Phi) is 5.51. The van der Waals surface area contributed by atoms with Gasteiger partial charge in [0.2, 0.25) is 10.0 Å². The van der Waals surface area contributed by atoms with Crippen LogP contribution in [0.1, 0.15) is 18.4 Å². The molecule has 0 heterocycles. The molecule has 0 aliphatic rings. The van der Waals surface area contributed by atoms with Crippen molar-refractivity contribution in [2.24, 2.45) is 5.73 Å². The zero-order valence-electron chi connectivity index (χ0n) is 10.6. The summed E-state index contributed by atoms with van der Waals surface area (Å²) in [5.41, 5.74) is 5.12. The van der Waals surface area contributed by atoms with Crippen molar-refractivity contribution in [2.75, 3.05) is 10.5 Å². The molecule has 0 amide bonds. The van der Waals surface area contributed by atoms with Gasteiger partial charge in [-0.3, -0.25) is 4.72 Å². The molecule has 21 heavy (non-hydrogen) atoms. The summed E-state index contributed by atoms with van der Waals surface area (Å²) in [7, 11) is -4.07. The van der Waals surface area contributed by atoms with Gasteiger partial charge >= 0.3 is 6.18 Å². The van der Waals surface area contributed by atoms with E-state index < -0.39 is 40.6 Å². The minimum absolute atomic E-state index is 0.0616. The van der Waals surface area contributed by atoms with Gasteiger partial charge in [-0.25, -0.2) is 12.8 Å². The third-order valence-electron chi connectivity index (χ3n) is 2.39. The molecule has 1 rings (SSSR count). The molecule has 0 unspecified atom stereocenters. The van der Waals surface area contributed by atoms with E-state index in [4.69, 9.17) is 5.73 Å². The SMILES string of the molecule is NC(=S)c1ccc(NS(=O)(=O)CCCC(F)(F)F)c(F)c1. The fraction of sp³-hybridized carbons (Fsp3) is 0.364. The molecule has 0 fully saturated rings. The van der Waals surface area contributed by atoms with E-state index in [0.29, 0.717) is 0 Å². The molecule has 0 bridgehead atoms. The fourth-order valence-corrected chi connectivity index (χ4v) is 2.69. The molecule has 0 radical (unpaired) electrons. The highest BCUT2D eigenvalue weighted by Crippen LogP contribution is 2.22. The molecule has 4 nitrogen and oxygen atoms in total. The molecule has 0 aliphatic carbocycles. The van der Waals surface area contributed by atoms with Crippen LogP contribution in [-0.2, 0) is 10.0 Å². The molecule has 1 aromatic carbocycles. The van der Waals surface area contributed by atoms with E-state index in [9.17, 15) is 26.0 Å². The maximum atomic E-state index is 13.6. The third-order valence-corrected chi connectivity index (χ3v) is 3.99. The van der Waals surface area contributed by atoms with Gasteiger partial charge < -0.3 is 5.73 Å². The molecule has 0 aliphatic heterocycles. The third kappa shape index (κ3) is 6.25. The van der Waals surface area contributed by atoms with E-state index in [-0.39, 0.29) is 16.2 Å². The quantitative estimate of drug-likeness (QED) is 0.614. The predicted octanol–water partition coefficient (Wildman–Crippen LogP) is 2.54. The number of rotatable bonds is 6. The number of benzene rings is 1. The van der Waals surface area contributed by atoms with Gasteiger partial charge in [-0.1, -0.05) is 12.2 Å². The topological polar surface area (TPSA) is 72.2 Å². The fourth-order valence-electron chi connectivity index (χ4n) is 1.43. The van der Waals surface area contributed by atoms with E-state index >= 15 is 0 Å². The van der Waals surface area contributed by atoms with E-state index in [1.807, 2.05) is 4.72 Å². The second kappa shape index (κ2) is 6.56. The molecule has 0 saturated heterocycles. The number of nitrogens with one attached hydrogen (secondary N) is 1. The number of thiocarbonyl (C=S) groups is 1. The van der Waals surface area contributed by atoms with Crippen molar-refractivity contribution in [1.82, 2.24) is 0 Å². The highest BCUT2D eigenvalue weighted by Gasteiger charge is 2.27. The molecular weight excluding hydrogens is 332 g/mol. The lowest BCUT2D eigenvalue weighted by atomic mass is 10.2. The van der Waals surface area contributed by atoms with Crippen LogP contribution in [0, 0.1) is 5.82 Å². The van der Waals surface area contributed by atoms with E-state index in [0.717, 1.165) is 12.1 Å². The molecule has 1 aromatic rings. The summed E-state index contributed by atoms with van der Waals surface area (Å²) in [6, 6.07) is 3.35. The van der Waals surface area contributed by atoms with Crippen LogP contribution >= 0.6 is 12.2 Å². The van der Waals surface area contributed by atoms with Crippen molar-refractivity contribution in [2.45, 2.75) is 19.0 Å². The van der Waals surface area contributed by atoms with Crippen LogP contribution in [0.25, 0.3) is 0 Å². The maximum Gasteiger partial charge on any atom is 0.389 e. The normalized spacial score (nSPS) is 12.2. The molecule has 0 aromatic heterocycles. The van der Waals surface area contributed by atoms with Gasteiger partial charge in [0.15, 0.2) is 0 Å². The average Bonchev–Trinajstić information content (AvgIpc) is 2.29. The van der Waals surface area contributed by atoms with E-state index in [1.54, 1.807) is 0 Å². The van der Waals surface area contributed by atoms with Crippen LogP contribution < -0.4 is 10.5 Å². The summed E-state index contributed by atoms with van der Waals surface area (Å²) in [5, 5.41) is 0. The van der Waals surface area contributed by atoms with Crippen LogP contribution in [0.4, 0.5) is 23.2 Å². The predicted molar refractivity (Wildman–Crippen MR) is 75.0 cm³/mol. The van der Waals surface area contributed by atoms with Crippen LogP contribution in [0.5, 0.6) is 0 Å². The lowest BCUT2D eigenvalue weighted by Crippen LogP contribution is -2.19. The van der Waals surface area contributed by atoms with Crippen molar-refractivity contribution in [3.63, 3.8) is 0 Å². The summed E-state index contributed by atoms with van der Waals surface area (Å²) >= 11 is 4.63. The van der Waals surface area contributed by atoms with Gasteiger partial charge in [0.25, 0.3) is 0 Å². The Morgan fingerprint density at radius 2 is 1.95 bits per heavy atom. The van der Waals surface area contributed by atoms with E-state index in [2.05, 4.69) is 12.2 Å². The zero-order chi connectivity index (χ0) is 16.3. The number of alkyl halides is 3. The van der Waals surface area contributed by atoms with E-state index in [1.165, 1.54) is 6.07 Å². The Bertz CT molecular complexity index is 630. The first-order valence-electron chi connectivity index (χ1n) is 5.67. The van der Waals surface area contributed by atoms with Gasteiger partial charge in [0.1, 0.15) is 10.8 Å². The number of halogens is 4. The summed E-state index contributed by atoms with van der Waals surface area (Å²) < 4.78 is 74.5. The van der Waals surface area contributed by atoms with Crippen molar-refractivity contribution in [3.8, 4) is 0 Å². The number of hydrogen-bond acceptors (Lipinski definition) is 3. The van der Waals surface area contributed by atoms with Crippen LogP contribution in [-0.4, -0.2) is 25.3 Å². The monoisotopic (exact) mass is 344 g/mol. The minimum atomic E-state index is -4.43. The van der Waals surface area contributed by atoms with Crippen LogP contribution in [0.15, 0.2) is 18.2 Å². The summed E-state index contributed by atoms with van der Waals surface area (Å²) in [6.45, 7) is 0. The maximum absolute atomic E-state index is 13.6. The number of anilines is 1. The standard InChI is InChI=1S/C11H12F4N2O2S2/c12-8-6-7(10(16)20)2-3-9(8)17-21(18,19)5-1-4-11(13,14)15/h2-3,6,17H,1,4-5H2,(H2,16,20). The summed E-state index contributed by atoms with van der Waals surface area (Å²) in [4.78, 5) is -0.0616. The number of sulfonamides is 1. The smallest absolute Gasteiger partial charge is 0.389 e. The van der Waals surface area contributed by atoms with Gasteiger partial charge in [-0.15, -0.1) is 0 Å². The van der Waals surface area contributed by atoms with Gasteiger partial charge in [0.05, 0.1) is 11.4 Å². The Labute approximate surface area is 124 Å². The Morgan fingerprint density at radius 1 is 1.33 bits per heavy atom. The molecule has 0 spiro atoms. The molecule has 10 heteroatoms. The molecule has 118 valence electrons. The molecule has 3 N–H and O–H groups in total. The summed E-state index contributed by atoms with van der Waals surface area (Å²) in [6.07, 6.45) is -6.26. The minimum Gasteiger partial charge on any atom is -0.389 e. The Morgan fingerprint density at radius 3 is 2.43 bits per heavy atom. The van der Waals surface area contributed by atoms with Gasteiger partial charge in [-0.2, -0.15) is 13.2 Å². The molecular formula is C11H12F4N2O2S2. The van der Waals surface area contributed by atoms with Crippen molar-refractivity contribution in [1.29, 1.82) is 0 Å². The largest absolute Gasteiger partial charge is 0.389 e. The lowest BCUT2D eigenvalue weighted by Gasteiger charge is -2.10. The zero-order valence-corrected chi connectivity index (χ0v) is 12.2. The first-order chi connectivity index (χ1) is 9.50. The molecule has 0 saturated carbocycles. The molecule has 0 atom stereocenters. The van der Waals surface area contributed by atoms with Crippen molar-refractivity contribution >= 4 is 32.9 Å².